The molecule has 0 unspecified atom stereocenters. The van der Waals surface area contributed by atoms with Gasteiger partial charge in [0.25, 0.3) is 0 Å². The first-order valence-electron chi connectivity index (χ1n) is 4.97. The van der Waals surface area contributed by atoms with Crippen molar-refractivity contribution in [3.63, 3.8) is 0 Å². The van der Waals surface area contributed by atoms with Gasteiger partial charge in [-0.05, 0) is 12.5 Å². The fourth-order valence-corrected chi connectivity index (χ4v) is 1.27. The Kier molecular flexibility index (Phi) is 8.71. The van der Waals surface area contributed by atoms with Crippen LogP contribution in [0.25, 0.3) is 0 Å². The molecule has 1 aromatic rings. The van der Waals surface area contributed by atoms with Crippen LogP contribution in [0.4, 0.5) is 12.9 Å². The molecule has 1 nitrogen and oxygen atoms in total. The van der Waals surface area contributed by atoms with Crippen molar-refractivity contribution < 1.29 is 69.1 Å². The van der Waals surface area contributed by atoms with Crippen molar-refractivity contribution in [2.75, 3.05) is 6.61 Å². The van der Waals surface area contributed by atoms with Crippen molar-refractivity contribution in [3.8, 4) is 0 Å². The summed E-state index contributed by atoms with van der Waals surface area (Å²) >= 11 is 0. The normalized spacial score (nSPS) is 12.1. The molecule has 0 N–H and O–H groups in total. The molecule has 0 aromatic heterocycles. The third-order valence-corrected chi connectivity index (χ3v) is 1.91. The molecule has 1 rings (SSSR count). The van der Waals surface area contributed by atoms with Crippen LogP contribution in [0, 0.1) is 0 Å². The molecule has 0 heterocycles. The van der Waals surface area contributed by atoms with Gasteiger partial charge in [-0.1, -0.05) is 35.9 Å². The summed E-state index contributed by atoms with van der Waals surface area (Å²) in [5.74, 6) is 0.324. The second kappa shape index (κ2) is 8.50. The molecule has 1 aromatic carbocycles. The Hall–Kier alpha value is 0.411. The second-order valence-corrected chi connectivity index (χ2v) is 3.62. The monoisotopic (exact) mass is 268 g/mol. The van der Waals surface area contributed by atoms with Gasteiger partial charge < -0.3 is 17.7 Å². The van der Waals surface area contributed by atoms with E-state index in [4.69, 9.17) is 4.74 Å². The fraction of sp³-hybridized carbons (Fsp3) is 0.273. The van der Waals surface area contributed by atoms with Crippen molar-refractivity contribution in [1.82, 2.24) is 0 Å². The van der Waals surface area contributed by atoms with Gasteiger partial charge in [0.15, 0.2) is 0 Å². The molecule has 88 valence electrons. The molecule has 0 radical (unpaired) electrons. The molecule has 17 heavy (non-hydrogen) atoms. The van der Waals surface area contributed by atoms with Gasteiger partial charge >= 0.3 is 58.4 Å². The van der Waals surface area contributed by atoms with Gasteiger partial charge in [-0.3, -0.25) is 0 Å². The molecular formula is C11H13BF3KO. The van der Waals surface area contributed by atoms with Crippen molar-refractivity contribution in [3.05, 3.63) is 47.4 Å². The van der Waals surface area contributed by atoms with Crippen LogP contribution in [0.3, 0.4) is 0 Å². The third kappa shape index (κ3) is 9.05. The first kappa shape index (κ1) is 17.4. The van der Waals surface area contributed by atoms with E-state index in [1.54, 1.807) is 0 Å². The van der Waals surface area contributed by atoms with E-state index in [0.29, 0.717) is 12.6 Å². The summed E-state index contributed by atoms with van der Waals surface area (Å²) in [6.07, 6.45) is 0. The summed E-state index contributed by atoms with van der Waals surface area (Å²) in [7, 11) is 0. The maximum atomic E-state index is 12.0. The van der Waals surface area contributed by atoms with Crippen LogP contribution in [0.1, 0.15) is 12.5 Å². The molecule has 0 bridgehead atoms. The first-order chi connectivity index (χ1) is 7.47. The maximum Gasteiger partial charge on any atom is 1.00 e. The molecule has 0 aliphatic heterocycles. The molecule has 0 aliphatic rings. The van der Waals surface area contributed by atoms with E-state index in [1.807, 2.05) is 30.3 Å². The summed E-state index contributed by atoms with van der Waals surface area (Å²) < 4.78 is 41.1. The zero-order valence-electron chi connectivity index (χ0n) is 10.00. The molecule has 0 spiro atoms. The summed E-state index contributed by atoms with van der Waals surface area (Å²) in [5.41, 5.74) is 1.15. The predicted octanol–water partition coefficient (Wildman–Crippen LogP) is 0.540. The van der Waals surface area contributed by atoms with Crippen molar-refractivity contribution >= 4 is 6.98 Å². The number of rotatable bonds is 5. The van der Waals surface area contributed by atoms with E-state index >= 15 is 0 Å². The summed E-state index contributed by atoms with van der Waals surface area (Å²) in [5, 5.41) is 0. The number of hydrogen-bond acceptors (Lipinski definition) is 1. The summed E-state index contributed by atoms with van der Waals surface area (Å²) in [6, 6.07) is 9.33. The molecule has 6 heteroatoms. The Morgan fingerprint density at radius 1 is 1.24 bits per heavy atom. The Morgan fingerprint density at radius 3 is 2.35 bits per heavy atom. The zero-order chi connectivity index (χ0) is 12.0. The molecule has 0 atom stereocenters. The molecule has 0 saturated heterocycles. The molecule has 0 aliphatic carbocycles. The quantitative estimate of drug-likeness (QED) is 0.708. The Balaban J connectivity index is 0.00000256. The van der Waals surface area contributed by atoms with Gasteiger partial charge in [-0.2, -0.15) is 0 Å². The van der Waals surface area contributed by atoms with Crippen molar-refractivity contribution in [2.24, 2.45) is 0 Å². The summed E-state index contributed by atoms with van der Waals surface area (Å²) in [6.45, 7) is -3.10. The van der Waals surface area contributed by atoms with Crippen LogP contribution >= 0.6 is 0 Å². The second-order valence-electron chi connectivity index (χ2n) is 3.62. The van der Waals surface area contributed by atoms with Gasteiger partial charge in [-0.25, -0.2) is 0 Å². The van der Waals surface area contributed by atoms with Gasteiger partial charge in [-0.15, -0.1) is 5.98 Å². The summed E-state index contributed by atoms with van der Waals surface area (Å²) in [4.78, 5) is 0. The topological polar surface area (TPSA) is 9.23 Å². The van der Waals surface area contributed by atoms with E-state index in [0.717, 1.165) is 5.56 Å². The largest absolute Gasteiger partial charge is 1.00 e. The molecule has 0 fully saturated rings. The predicted molar refractivity (Wildman–Crippen MR) is 58.9 cm³/mol. The molecular weight excluding hydrogens is 255 g/mol. The number of ether oxygens (including phenoxy) is 1. The first-order valence-corrected chi connectivity index (χ1v) is 4.97. The van der Waals surface area contributed by atoms with E-state index in [1.165, 1.54) is 6.92 Å². The Labute approximate surface area is 142 Å². The van der Waals surface area contributed by atoms with Crippen LogP contribution in [0.5, 0.6) is 0 Å². The third-order valence-electron chi connectivity index (χ3n) is 1.91. The number of hydrogen-bond donors (Lipinski definition) is 0. The van der Waals surface area contributed by atoms with E-state index in [9.17, 15) is 12.9 Å². The molecule has 0 saturated carbocycles. The molecule has 0 amide bonds. The van der Waals surface area contributed by atoms with Crippen LogP contribution in [0.2, 0.25) is 0 Å². The van der Waals surface area contributed by atoms with Gasteiger partial charge in [0.05, 0.1) is 13.2 Å². The zero-order valence-corrected chi connectivity index (χ0v) is 13.1. The maximum absolute atomic E-state index is 12.0. The Bertz CT molecular complexity index is 351. The smallest absolute Gasteiger partial charge is 0.445 e. The minimum Gasteiger partial charge on any atom is -0.445 e. The SMILES string of the molecule is C/C(=C\[B-](F)(F)F)COCc1ccccc1.[K+]. The van der Waals surface area contributed by atoms with E-state index < -0.39 is 6.98 Å². The minimum atomic E-state index is -4.86. The minimum absolute atomic E-state index is 0. The van der Waals surface area contributed by atoms with Crippen LogP contribution in [-0.2, 0) is 11.3 Å². The van der Waals surface area contributed by atoms with Crippen LogP contribution in [0.15, 0.2) is 41.9 Å². The van der Waals surface area contributed by atoms with Crippen LogP contribution < -0.4 is 51.4 Å². The van der Waals surface area contributed by atoms with E-state index in [-0.39, 0.29) is 63.6 Å². The average molecular weight is 268 g/mol. The van der Waals surface area contributed by atoms with Crippen LogP contribution in [-0.4, -0.2) is 13.6 Å². The van der Waals surface area contributed by atoms with Gasteiger partial charge in [0, 0.05) is 0 Å². The van der Waals surface area contributed by atoms with Crippen molar-refractivity contribution in [2.45, 2.75) is 13.5 Å². The van der Waals surface area contributed by atoms with E-state index in [2.05, 4.69) is 0 Å². The van der Waals surface area contributed by atoms with Gasteiger partial charge in [0.1, 0.15) is 0 Å². The average Bonchev–Trinajstić information content (AvgIpc) is 2.16. The Morgan fingerprint density at radius 2 is 1.82 bits per heavy atom. The van der Waals surface area contributed by atoms with Crippen molar-refractivity contribution in [1.29, 1.82) is 0 Å². The fourth-order valence-electron chi connectivity index (χ4n) is 1.27. The van der Waals surface area contributed by atoms with Gasteiger partial charge in [0.2, 0.25) is 0 Å². The number of benzene rings is 1. The number of halogens is 3. The standard InChI is InChI=1S/C11H13BF3O.K/c1-10(7-12(13,14)15)8-16-9-11-5-3-2-4-6-11;/h2-7H,8-9H2,1H3;/q-1;+1/b10-7+;.